The lowest BCUT2D eigenvalue weighted by Gasteiger charge is -2.09. The molecule has 0 aromatic rings. The fourth-order valence-electron chi connectivity index (χ4n) is 1.06. The van der Waals surface area contributed by atoms with Gasteiger partial charge in [0, 0.05) is 5.88 Å². The monoisotopic (exact) mass is 260 g/mol. The second kappa shape index (κ2) is 11.0. The molecule has 0 amide bonds. The van der Waals surface area contributed by atoms with Crippen molar-refractivity contribution in [1.29, 1.82) is 0 Å². The van der Waals surface area contributed by atoms with E-state index in [4.69, 9.17) is 16.3 Å². The van der Waals surface area contributed by atoms with Crippen LogP contribution < -0.4 is 0 Å². The average molecular weight is 261 g/mol. The Morgan fingerprint density at radius 3 is 2.65 bits per heavy atom. The molecule has 0 aromatic carbocycles. The van der Waals surface area contributed by atoms with Gasteiger partial charge in [0.25, 0.3) is 0 Å². The van der Waals surface area contributed by atoms with Crippen LogP contribution in [0, 0.1) is 0 Å². The molecule has 1 unspecified atom stereocenters. The maximum Gasteiger partial charge on any atom is 0.331 e. The van der Waals surface area contributed by atoms with E-state index in [-0.39, 0.29) is 13.2 Å². The number of ether oxygens (including phenoxy) is 1. The highest BCUT2D eigenvalue weighted by Crippen LogP contribution is 2.07. The van der Waals surface area contributed by atoms with Crippen molar-refractivity contribution in [2.75, 3.05) is 19.0 Å². The molecule has 7 heteroatoms. The Hall–Kier alpha value is -1.48. The second-order valence-corrected chi connectivity index (χ2v) is 3.44. The minimum Gasteiger partial charge on any atom is -0.462 e. The van der Waals surface area contributed by atoms with Crippen LogP contribution in [0.1, 0.15) is 19.3 Å². The summed E-state index contributed by atoms with van der Waals surface area (Å²) in [7, 11) is 0. The molecule has 17 heavy (non-hydrogen) atoms. The number of unbranched alkanes of at least 4 members (excludes halogenated alkanes) is 1. The van der Waals surface area contributed by atoms with E-state index < -0.39 is 12.0 Å². The van der Waals surface area contributed by atoms with Gasteiger partial charge >= 0.3 is 5.97 Å². The number of halogens is 1. The highest BCUT2D eigenvalue weighted by atomic mass is 35.5. The largest absolute Gasteiger partial charge is 0.462 e. The Labute approximate surface area is 104 Å². The van der Waals surface area contributed by atoms with E-state index in [1.165, 1.54) is 12.2 Å². The molecule has 94 valence electrons. The van der Waals surface area contributed by atoms with Gasteiger partial charge in [-0.1, -0.05) is 0 Å². The van der Waals surface area contributed by atoms with Crippen molar-refractivity contribution in [1.82, 2.24) is 0 Å². The normalized spacial score (nSPS) is 10.9. The zero-order valence-corrected chi connectivity index (χ0v) is 9.98. The van der Waals surface area contributed by atoms with E-state index in [2.05, 4.69) is 9.98 Å². The number of aliphatic imine (C=N–C) groups is 2. The molecule has 0 aromatic heterocycles. The molecule has 0 rings (SSSR count). The molecule has 0 aliphatic carbocycles. The number of isocyanates is 2. The molecule has 0 saturated heterocycles. The number of rotatable bonds is 9. The van der Waals surface area contributed by atoms with Gasteiger partial charge in [0.05, 0.1) is 6.54 Å². The van der Waals surface area contributed by atoms with Crippen LogP contribution in [0.3, 0.4) is 0 Å². The number of nitrogens with zero attached hydrogens (tertiary/aromatic N) is 2. The van der Waals surface area contributed by atoms with Gasteiger partial charge in [0.15, 0.2) is 6.04 Å². The first kappa shape index (κ1) is 15.5. The summed E-state index contributed by atoms with van der Waals surface area (Å²) in [4.78, 5) is 37.9. The second-order valence-electron chi connectivity index (χ2n) is 3.06. The van der Waals surface area contributed by atoms with Crippen LogP contribution in [0.15, 0.2) is 9.98 Å². The molecule has 6 nitrogen and oxygen atoms in total. The Morgan fingerprint density at radius 2 is 2.06 bits per heavy atom. The lowest BCUT2D eigenvalue weighted by molar-refractivity contribution is -0.145. The third-order valence-electron chi connectivity index (χ3n) is 1.85. The van der Waals surface area contributed by atoms with Crippen molar-refractivity contribution in [2.45, 2.75) is 25.3 Å². The van der Waals surface area contributed by atoms with Crippen LogP contribution in [-0.2, 0) is 19.1 Å². The standard InChI is InChI=1S/C10H13ClN2O4/c11-4-2-1-3-9(13-8-15)10(16)17-6-5-12-7-14/h9H,1-6H2. The van der Waals surface area contributed by atoms with Gasteiger partial charge in [0.1, 0.15) is 6.61 Å². The average Bonchev–Trinajstić information content (AvgIpc) is 2.33. The topological polar surface area (TPSA) is 85.2 Å². The molecule has 0 N–H and O–H groups in total. The van der Waals surface area contributed by atoms with Gasteiger partial charge in [-0.05, 0) is 19.3 Å². The van der Waals surface area contributed by atoms with Gasteiger partial charge in [-0.15, -0.1) is 11.6 Å². The Morgan fingerprint density at radius 1 is 1.29 bits per heavy atom. The summed E-state index contributed by atoms with van der Waals surface area (Å²) < 4.78 is 4.77. The van der Waals surface area contributed by atoms with E-state index in [9.17, 15) is 14.4 Å². The van der Waals surface area contributed by atoms with Crippen molar-refractivity contribution in [3.8, 4) is 0 Å². The van der Waals surface area contributed by atoms with E-state index >= 15 is 0 Å². The number of carbonyl (C=O) groups is 1. The number of esters is 1. The fraction of sp³-hybridized carbons (Fsp3) is 0.700. The minimum absolute atomic E-state index is 0.0333. The fourth-order valence-corrected chi connectivity index (χ4v) is 1.25. The van der Waals surface area contributed by atoms with Crippen molar-refractivity contribution in [3.05, 3.63) is 0 Å². The van der Waals surface area contributed by atoms with Crippen LogP contribution in [0.5, 0.6) is 0 Å². The lowest BCUT2D eigenvalue weighted by Crippen LogP contribution is -2.22. The molecule has 1 atom stereocenters. The third-order valence-corrected chi connectivity index (χ3v) is 2.12. The lowest BCUT2D eigenvalue weighted by atomic mass is 10.1. The molecule has 0 bridgehead atoms. The van der Waals surface area contributed by atoms with Gasteiger partial charge in [0.2, 0.25) is 12.2 Å². The molecule has 0 fully saturated rings. The zero-order valence-electron chi connectivity index (χ0n) is 9.23. The molecule has 0 heterocycles. The van der Waals surface area contributed by atoms with Crippen molar-refractivity contribution in [2.24, 2.45) is 9.98 Å². The first-order valence-electron chi connectivity index (χ1n) is 5.09. The number of hydrogen-bond donors (Lipinski definition) is 0. The smallest absolute Gasteiger partial charge is 0.331 e. The molecular formula is C10H13ClN2O4. The number of alkyl halides is 1. The maximum atomic E-state index is 11.4. The quantitative estimate of drug-likeness (QED) is 0.203. The summed E-state index contributed by atoms with van der Waals surface area (Å²) in [6.07, 6.45) is 4.44. The minimum atomic E-state index is -0.851. The molecule has 0 saturated carbocycles. The first-order valence-corrected chi connectivity index (χ1v) is 5.63. The maximum absolute atomic E-state index is 11.4. The van der Waals surface area contributed by atoms with Crippen molar-refractivity contribution < 1.29 is 19.1 Å². The predicted molar refractivity (Wildman–Crippen MR) is 60.4 cm³/mol. The molecule has 0 radical (unpaired) electrons. The predicted octanol–water partition coefficient (Wildman–Crippen LogP) is 0.979. The highest BCUT2D eigenvalue weighted by Gasteiger charge is 2.18. The van der Waals surface area contributed by atoms with E-state index in [1.54, 1.807) is 0 Å². The Kier molecular flexibility index (Phi) is 10.1. The summed E-state index contributed by atoms with van der Waals surface area (Å²) in [5, 5.41) is 0. The third kappa shape index (κ3) is 8.34. The zero-order chi connectivity index (χ0) is 12.9. The molecule has 0 spiro atoms. The van der Waals surface area contributed by atoms with Crippen LogP contribution in [0.25, 0.3) is 0 Å². The van der Waals surface area contributed by atoms with E-state index in [1.807, 2.05) is 0 Å². The van der Waals surface area contributed by atoms with Gasteiger partial charge in [-0.25, -0.2) is 19.4 Å². The van der Waals surface area contributed by atoms with E-state index in [0.717, 1.165) is 6.42 Å². The first-order chi connectivity index (χ1) is 8.26. The number of hydrogen-bond acceptors (Lipinski definition) is 6. The summed E-state index contributed by atoms with van der Waals surface area (Å²) in [5.41, 5.74) is 0. The molecule has 0 aliphatic rings. The highest BCUT2D eigenvalue weighted by molar-refractivity contribution is 6.17. The number of carbonyl (C=O) groups excluding carboxylic acids is 3. The van der Waals surface area contributed by atoms with E-state index in [0.29, 0.717) is 18.7 Å². The molecule has 0 aliphatic heterocycles. The summed E-state index contributed by atoms with van der Waals surface area (Å²) in [5.74, 6) is -0.135. The van der Waals surface area contributed by atoms with Crippen molar-refractivity contribution >= 4 is 29.7 Å². The van der Waals surface area contributed by atoms with Crippen LogP contribution >= 0.6 is 11.6 Å². The SMILES string of the molecule is O=C=NCCOC(=O)C(CCCCCl)N=C=O. The van der Waals surface area contributed by atoms with Gasteiger partial charge in [-0.3, -0.25) is 0 Å². The summed E-state index contributed by atoms with van der Waals surface area (Å²) >= 11 is 5.49. The van der Waals surface area contributed by atoms with Gasteiger partial charge in [-0.2, -0.15) is 4.99 Å². The van der Waals surface area contributed by atoms with Crippen LogP contribution in [0.4, 0.5) is 0 Å². The Balaban J connectivity index is 4.05. The summed E-state index contributed by atoms with van der Waals surface area (Å²) in [6, 6.07) is -0.851. The summed E-state index contributed by atoms with van der Waals surface area (Å²) in [6.45, 7) is 0.0168. The van der Waals surface area contributed by atoms with Crippen LogP contribution in [0.2, 0.25) is 0 Å². The van der Waals surface area contributed by atoms with Gasteiger partial charge < -0.3 is 4.74 Å². The van der Waals surface area contributed by atoms with Crippen LogP contribution in [-0.4, -0.2) is 43.2 Å². The Bertz CT molecular complexity index is 322. The molecular weight excluding hydrogens is 248 g/mol. The van der Waals surface area contributed by atoms with Crippen molar-refractivity contribution in [3.63, 3.8) is 0 Å².